The first-order valence-electron chi connectivity index (χ1n) is 9.72. The molecule has 8 heteroatoms. The average Bonchev–Trinajstić information content (AvgIpc) is 2.89. The molecule has 0 fully saturated rings. The van der Waals surface area contributed by atoms with Crippen LogP contribution in [0.25, 0.3) is 11.1 Å². The molecule has 4 rings (SSSR count). The summed E-state index contributed by atoms with van der Waals surface area (Å²) in [6.45, 7) is 3.75. The van der Waals surface area contributed by atoms with Crippen LogP contribution in [-0.4, -0.2) is 25.9 Å². The zero-order valence-corrected chi connectivity index (χ0v) is 18.1. The van der Waals surface area contributed by atoms with Gasteiger partial charge in [0.05, 0.1) is 11.9 Å². The van der Waals surface area contributed by atoms with E-state index >= 15 is 0 Å². The van der Waals surface area contributed by atoms with Crippen LogP contribution in [0.3, 0.4) is 0 Å². The molecule has 0 aliphatic carbocycles. The highest BCUT2D eigenvalue weighted by molar-refractivity contribution is 7.92. The number of hydrogen-bond acceptors (Lipinski definition) is 5. The van der Waals surface area contributed by atoms with E-state index in [-0.39, 0.29) is 18.3 Å². The second-order valence-electron chi connectivity index (χ2n) is 7.65. The Morgan fingerprint density at radius 3 is 2.42 bits per heavy atom. The Balaban J connectivity index is 2.14. The molecule has 0 saturated heterocycles. The Bertz CT molecular complexity index is 1270. The van der Waals surface area contributed by atoms with Gasteiger partial charge >= 0.3 is 0 Å². The van der Waals surface area contributed by atoms with Crippen LogP contribution in [0.15, 0.2) is 48.5 Å². The number of para-hydroxylation sites is 2. The van der Waals surface area contributed by atoms with E-state index in [2.05, 4.69) is 4.98 Å². The number of aromatic nitrogens is 1. The van der Waals surface area contributed by atoms with Gasteiger partial charge in [0.25, 0.3) is 0 Å². The number of carbonyl (C=O) groups is 1. The molecule has 0 unspecified atom stereocenters. The molecule has 0 spiro atoms. The Labute approximate surface area is 180 Å². The van der Waals surface area contributed by atoms with Gasteiger partial charge in [-0.25, -0.2) is 22.1 Å². The highest BCUT2D eigenvalue weighted by Crippen LogP contribution is 2.45. The van der Waals surface area contributed by atoms with Crippen molar-refractivity contribution in [3.05, 3.63) is 71.2 Å². The van der Waals surface area contributed by atoms with Crippen molar-refractivity contribution in [1.82, 2.24) is 4.98 Å². The molecular formula is C23H21FN2O4S. The quantitative estimate of drug-likeness (QED) is 0.544. The minimum absolute atomic E-state index is 0.00269. The lowest BCUT2D eigenvalue weighted by Crippen LogP contribution is -2.27. The summed E-state index contributed by atoms with van der Waals surface area (Å²) in [5.74, 6) is -0.0108. The molecule has 6 nitrogen and oxygen atoms in total. The molecule has 3 aromatic rings. The lowest BCUT2D eigenvalue weighted by Gasteiger charge is -2.25. The Morgan fingerprint density at radius 1 is 1.13 bits per heavy atom. The maximum absolute atomic E-state index is 13.6. The number of ether oxygens (including phenoxy) is 1. The summed E-state index contributed by atoms with van der Waals surface area (Å²) >= 11 is 0. The van der Waals surface area contributed by atoms with E-state index in [0.717, 1.165) is 10.6 Å². The van der Waals surface area contributed by atoms with Crippen LogP contribution in [0.4, 0.5) is 15.9 Å². The third-order valence-electron chi connectivity index (χ3n) is 5.12. The molecule has 31 heavy (non-hydrogen) atoms. The highest BCUT2D eigenvalue weighted by atomic mass is 32.2. The Kier molecular flexibility index (Phi) is 5.26. The van der Waals surface area contributed by atoms with Gasteiger partial charge < -0.3 is 4.74 Å². The summed E-state index contributed by atoms with van der Waals surface area (Å²) < 4.78 is 46.5. The van der Waals surface area contributed by atoms with Gasteiger partial charge in [0.1, 0.15) is 23.9 Å². The lowest BCUT2D eigenvalue weighted by atomic mass is 9.91. The van der Waals surface area contributed by atoms with Gasteiger partial charge in [0.15, 0.2) is 12.1 Å². The zero-order chi connectivity index (χ0) is 22.3. The number of hydrogen-bond donors (Lipinski definition) is 0. The van der Waals surface area contributed by atoms with Crippen LogP contribution in [0, 0.1) is 5.82 Å². The normalized spacial score (nSPS) is 13.3. The van der Waals surface area contributed by atoms with Crippen molar-refractivity contribution in [1.29, 1.82) is 0 Å². The molecule has 0 atom stereocenters. The first kappa shape index (κ1) is 21.0. The smallest absolute Gasteiger partial charge is 0.237 e. The number of carbonyl (C=O) groups excluding carboxylic acids is 1. The van der Waals surface area contributed by atoms with Crippen molar-refractivity contribution in [3.63, 3.8) is 0 Å². The number of anilines is 2. The second kappa shape index (κ2) is 7.77. The van der Waals surface area contributed by atoms with Crippen molar-refractivity contribution in [2.75, 3.05) is 10.6 Å². The molecule has 0 N–H and O–H groups in total. The fourth-order valence-electron chi connectivity index (χ4n) is 3.80. The molecule has 0 amide bonds. The van der Waals surface area contributed by atoms with Crippen molar-refractivity contribution < 1.29 is 22.3 Å². The topological polar surface area (TPSA) is 76.6 Å². The van der Waals surface area contributed by atoms with Gasteiger partial charge in [0.2, 0.25) is 10.0 Å². The van der Waals surface area contributed by atoms with Crippen LogP contribution < -0.4 is 9.04 Å². The third-order valence-corrected chi connectivity index (χ3v) is 6.15. The summed E-state index contributed by atoms with van der Waals surface area (Å²) in [6.07, 6.45) is 1.81. The predicted octanol–water partition coefficient (Wildman–Crippen LogP) is 4.81. The SMILES string of the molecule is CC(C)c1nc2c(c(-c3ccc(F)cc3)c1C=O)COc1ccccc1N2S(C)(=O)=O. The molecule has 1 aliphatic heterocycles. The second-order valence-corrected chi connectivity index (χ2v) is 9.48. The molecule has 160 valence electrons. The van der Waals surface area contributed by atoms with E-state index in [1.165, 1.54) is 12.1 Å². The lowest BCUT2D eigenvalue weighted by molar-refractivity contribution is 0.112. The minimum Gasteiger partial charge on any atom is -0.487 e. The van der Waals surface area contributed by atoms with E-state index in [1.54, 1.807) is 36.4 Å². The van der Waals surface area contributed by atoms with E-state index < -0.39 is 15.8 Å². The predicted molar refractivity (Wildman–Crippen MR) is 117 cm³/mol. The standard InChI is InChI=1S/C23H21FN2O4S/c1-14(2)22-17(12-27)21(15-8-10-16(24)11-9-15)18-13-30-20-7-5-4-6-19(20)26(23(18)25-22)31(3,28)29/h4-12,14H,13H2,1-3H3. The summed E-state index contributed by atoms with van der Waals surface area (Å²) in [5, 5.41) is 0. The van der Waals surface area contributed by atoms with Gasteiger partial charge in [-0.3, -0.25) is 4.79 Å². The monoisotopic (exact) mass is 440 g/mol. The van der Waals surface area contributed by atoms with Crippen molar-refractivity contribution in [2.24, 2.45) is 0 Å². The van der Waals surface area contributed by atoms with Gasteiger partial charge in [-0.15, -0.1) is 0 Å². The van der Waals surface area contributed by atoms with E-state index in [1.807, 2.05) is 13.8 Å². The number of sulfonamides is 1. The van der Waals surface area contributed by atoms with E-state index in [4.69, 9.17) is 4.74 Å². The van der Waals surface area contributed by atoms with Gasteiger partial charge in [-0.2, -0.15) is 0 Å². The largest absolute Gasteiger partial charge is 0.487 e. The first-order valence-corrected chi connectivity index (χ1v) is 11.6. The number of rotatable bonds is 4. The molecule has 2 heterocycles. The van der Waals surface area contributed by atoms with Crippen LogP contribution in [0.1, 0.15) is 41.4 Å². The summed E-state index contributed by atoms with van der Waals surface area (Å²) in [5.41, 5.74) is 2.65. The fourth-order valence-corrected chi connectivity index (χ4v) is 4.77. The minimum atomic E-state index is -3.80. The zero-order valence-electron chi connectivity index (χ0n) is 17.3. The summed E-state index contributed by atoms with van der Waals surface area (Å²) in [7, 11) is -3.80. The molecule has 2 aromatic carbocycles. The van der Waals surface area contributed by atoms with Crippen LogP contribution in [-0.2, 0) is 16.6 Å². The number of benzene rings is 2. The molecule has 0 bridgehead atoms. The number of halogens is 1. The number of fused-ring (bicyclic) bond motifs is 2. The molecule has 1 aliphatic rings. The average molecular weight is 440 g/mol. The van der Waals surface area contributed by atoms with E-state index in [0.29, 0.717) is 45.7 Å². The van der Waals surface area contributed by atoms with Crippen molar-refractivity contribution in [2.45, 2.75) is 26.4 Å². The molecular weight excluding hydrogens is 419 g/mol. The Hall–Kier alpha value is -3.26. The van der Waals surface area contributed by atoms with Crippen molar-refractivity contribution >= 4 is 27.8 Å². The third kappa shape index (κ3) is 3.67. The summed E-state index contributed by atoms with van der Waals surface area (Å²) in [6, 6.07) is 12.5. The fraction of sp³-hybridized carbons (Fsp3) is 0.217. The molecule has 1 aromatic heterocycles. The van der Waals surface area contributed by atoms with Crippen LogP contribution in [0.2, 0.25) is 0 Å². The number of aldehydes is 1. The molecule has 0 saturated carbocycles. The number of pyridine rings is 1. The van der Waals surface area contributed by atoms with Gasteiger partial charge in [-0.05, 0) is 35.7 Å². The van der Waals surface area contributed by atoms with Crippen molar-refractivity contribution in [3.8, 4) is 16.9 Å². The highest BCUT2D eigenvalue weighted by Gasteiger charge is 2.33. The van der Waals surface area contributed by atoms with E-state index in [9.17, 15) is 17.6 Å². The molecule has 0 radical (unpaired) electrons. The number of nitrogens with zero attached hydrogens (tertiary/aromatic N) is 2. The van der Waals surface area contributed by atoms with Gasteiger partial charge in [0, 0.05) is 16.7 Å². The Morgan fingerprint density at radius 2 is 1.81 bits per heavy atom. The van der Waals surface area contributed by atoms with Gasteiger partial charge in [-0.1, -0.05) is 38.1 Å². The maximum Gasteiger partial charge on any atom is 0.237 e. The first-order chi connectivity index (χ1) is 14.7. The summed E-state index contributed by atoms with van der Waals surface area (Å²) in [4.78, 5) is 16.8. The van der Waals surface area contributed by atoms with Crippen LogP contribution >= 0.6 is 0 Å². The maximum atomic E-state index is 13.6. The van der Waals surface area contributed by atoms with Crippen LogP contribution in [0.5, 0.6) is 5.75 Å².